The van der Waals surface area contributed by atoms with E-state index in [4.69, 9.17) is 0 Å². The molecular weight excluding hydrogens is 262 g/mol. The third-order valence-corrected chi connectivity index (χ3v) is 4.09. The molecule has 1 fully saturated rings. The lowest BCUT2D eigenvalue weighted by Crippen LogP contribution is -2.32. The summed E-state index contributed by atoms with van der Waals surface area (Å²) in [7, 11) is 0. The van der Waals surface area contributed by atoms with Crippen LogP contribution in [0.3, 0.4) is 0 Å². The van der Waals surface area contributed by atoms with Crippen LogP contribution in [0.1, 0.15) is 31.7 Å². The van der Waals surface area contributed by atoms with E-state index in [1.165, 1.54) is 11.3 Å². The summed E-state index contributed by atoms with van der Waals surface area (Å²) in [5.41, 5.74) is 1.71. The molecule has 1 aliphatic rings. The van der Waals surface area contributed by atoms with E-state index in [0.717, 1.165) is 30.8 Å². The number of nitrogens with zero attached hydrogens (tertiary/aromatic N) is 4. The van der Waals surface area contributed by atoms with Gasteiger partial charge in [0.05, 0.1) is 6.04 Å². The highest BCUT2D eigenvalue weighted by Gasteiger charge is 2.23. The van der Waals surface area contributed by atoms with Gasteiger partial charge in [-0.25, -0.2) is 4.68 Å². The molecule has 0 bridgehead atoms. The lowest BCUT2D eigenvalue weighted by Gasteiger charge is -2.29. The van der Waals surface area contributed by atoms with Gasteiger partial charge < -0.3 is 5.32 Å². The maximum atomic E-state index is 11.7. The number of nitrogens with one attached hydrogen (secondary N) is 1. The predicted molar refractivity (Wildman–Crippen MR) is 73.3 cm³/mol. The van der Waals surface area contributed by atoms with Gasteiger partial charge in [0.15, 0.2) is 0 Å². The smallest absolute Gasteiger partial charge is 0.266 e. The van der Waals surface area contributed by atoms with Crippen molar-refractivity contribution >= 4 is 16.5 Å². The van der Waals surface area contributed by atoms with Crippen molar-refractivity contribution < 1.29 is 0 Å². The van der Waals surface area contributed by atoms with Gasteiger partial charge in [0.2, 0.25) is 5.13 Å². The average molecular weight is 277 g/mol. The number of hydrogen-bond acceptors (Lipinski definition) is 6. The normalized spacial score (nSPS) is 23.2. The molecule has 0 amide bonds. The van der Waals surface area contributed by atoms with Gasteiger partial charge in [-0.2, -0.15) is 5.10 Å². The summed E-state index contributed by atoms with van der Waals surface area (Å²) in [4.78, 5) is 11.7. The largest absolute Gasteiger partial charge is 0.357 e. The Morgan fingerprint density at radius 1 is 1.32 bits per heavy atom. The third-order valence-electron chi connectivity index (χ3n) is 3.47. The van der Waals surface area contributed by atoms with Crippen molar-refractivity contribution in [1.29, 1.82) is 0 Å². The second kappa shape index (κ2) is 5.48. The monoisotopic (exact) mass is 277 g/mol. The molecule has 0 atom stereocenters. The van der Waals surface area contributed by atoms with Gasteiger partial charge >= 0.3 is 0 Å². The predicted octanol–water partition coefficient (Wildman–Crippen LogP) is 1.69. The first-order chi connectivity index (χ1) is 9.33. The van der Waals surface area contributed by atoms with Crippen LogP contribution in [0.2, 0.25) is 0 Å². The highest BCUT2D eigenvalue weighted by Crippen LogP contribution is 2.28. The van der Waals surface area contributed by atoms with Crippen molar-refractivity contribution in [2.45, 2.75) is 37.8 Å². The Hall–Kier alpha value is -1.76. The third kappa shape index (κ3) is 2.81. The van der Waals surface area contributed by atoms with Crippen molar-refractivity contribution in [3.05, 3.63) is 34.2 Å². The van der Waals surface area contributed by atoms with E-state index in [0.29, 0.717) is 6.04 Å². The zero-order valence-corrected chi connectivity index (χ0v) is 11.2. The molecule has 100 valence electrons. The van der Waals surface area contributed by atoms with Crippen LogP contribution >= 0.6 is 11.3 Å². The zero-order chi connectivity index (χ0) is 13.1. The molecule has 0 saturated heterocycles. The van der Waals surface area contributed by atoms with Crippen LogP contribution in [0.4, 0.5) is 5.13 Å². The van der Waals surface area contributed by atoms with Crippen molar-refractivity contribution in [2.75, 3.05) is 5.32 Å². The molecule has 2 heterocycles. The quantitative estimate of drug-likeness (QED) is 0.924. The number of rotatable bonds is 3. The van der Waals surface area contributed by atoms with Gasteiger partial charge in [-0.15, -0.1) is 10.2 Å². The van der Waals surface area contributed by atoms with Gasteiger partial charge in [-0.3, -0.25) is 4.79 Å². The van der Waals surface area contributed by atoms with E-state index >= 15 is 0 Å². The van der Waals surface area contributed by atoms with Crippen LogP contribution in [-0.4, -0.2) is 26.0 Å². The first kappa shape index (κ1) is 12.3. The number of anilines is 1. The SMILES string of the molecule is O=c1cccnn1C1CCC(Nc2nncs2)CC1. The molecule has 0 aliphatic heterocycles. The second-order valence-electron chi connectivity index (χ2n) is 4.70. The van der Waals surface area contributed by atoms with Crippen LogP contribution in [0.5, 0.6) is 0 Å². The van der Waals surface area contributed by atoms with E-state index in [-0.39, 0.29) is 11.6 Å². The van der Waals surface area contributed by atoms with Crippen molar-refractivity contribution in [3.8, 4) is 0 Å². The molecular formula is C12H15N5OS. The summed E-state index contributed by atoms with van der Waals surface area (Å²) in [6.07, 6.45) is 5.65. The van der Waals surface area contributed by atoms with E-state index in [2.05, 4.69) is 20.6 Å². The standard InChI is InChI=1S/C12H15N5OS/c18-11-2-1-7-14-17(11)10-5-3-9(4-6-10)15-12-16-13-8-19-12/h1-2,7-10H,3-6H2,(H,15,16). The fourth-order valence-corrected chi connectivity index (χ4v) is 3.04. The lowest BCUT2D eigenvalue weighted by atomic mass is 9.91. The van der Waals surface area contributed by atoms with Gasteiger partial charge in [-0.05, 0) is 31.7 Å². The van der Waals surface area contributed by atoms with Crippen LogP contribution in [0.15, 0.2) is 28.6 Å². The van der Waals surface area contributed by atoms with E-state index in [9.17, 15) is 4.79 Å². The molecule has 0 aromatic carbocycles. The summed E-state index contributed by atoms with van der Waals surface area (Å²) in [6.45, 7) is 0. The Balaban J connectivity index is 1.61. The van der Waals surface area contributed by atoms with Crippen molar-refractivity contribution in [2.24, 2.45) is 0 Å². The summed E-state index contributed by atoms with van der Waals surface area (Å²) < 4.78 is 1.61. The molecule has 1 aliphatic carbocycles. The Kier molecular flexibility index (Phi) is 3.54. The first-order valence-corrected chi connectivity index (χ1v) is 7.27. The zero-order valence-electron chi connectivity index (χ0n) is 10.4. The minimum atomic E-state index is -0.0111. The molecule has 7 heteroatoms. The molecule has 19 heavy (non-hydrogen) atoms. The van der Waals surface area contributed by atoms with Gasteiger partial charge in [0.1, 0.15) is 5.51 Å². The summed E-state index contributed by atoms with van der Waals surface area (Å²) >= 11 is 1.52. The van der Waals surface area contributed by atoms with E-state index in [1.807, 2.05) is 0 Å². The maximum Gasteiger partial charge on any atom is 0.266 e. The van der Waals surface area contributed by atoms with Crippen molar-refractivity contribution in [3.63, 3.8) is 0 Å². The highest BCUT2D eigenvalue weighted by molar-refractivity contribution is 7.13. The maximum absolute atomic E-state index is 11.7. The Labute approximate surface area is 114 Å². The van der Waals surface area contributed by atoms with Crippen LogP contribution in [0.25, 0.3) is 0 Å². The average Bonchev–Trinajstić information content (AvgIpc) is 2.93. The first-order valence-electron chi connectivity index (χ1n) is 6.39. The summed E-state index contributed by atoms with van der Waals surface area (Å²) in [5, 5.41) is 16.2. The van der Waals surface area contributed by atoms with Gasteiger partial charge in [0.25, 0.3) is 5.56 Å². The van der Waals surface area contributed by atoms with Crippen molar-refractivity contribution in [1.82, 2.24) is 20.0 Å². The Morgan fingerprint density at radius 3 is 2.84 bits per heavy atom. The van der Waals surface area contributed by atoms with E-state index < -0.39 is 0 Å². The summed E-state index contributed by atoms with van der Waals surface area (Å²) in [6, 6.07) is 3.89. The number of hydrogen-bond donors (Lipinski definition) is 1. The topological polar surface area (TPSA) is 72.7 Å². The van der Waals surface area contributed by atoms with E-state index in [1.54, 1.807) is 28.5 Å². The molecule has 2 aromatic heterocycles. The molecule has 6 nitrogen and oxygen atoms in total. The highest BCUT2D eigenvalue weighted by atomic mass is 32.1. The molecule has 0 spiro atoms. The molecule has 2 aromatic rings. The molecule has 1 saturated carbocycles. The molecule has 1 N–H and O–H groups in total. The number of aromatic nitrogens is 4. The fourth-order valence-electron chi connectivity index (χ4n) is 2.52. The molecule has 0 unspecified atom stereocenters. The van der Waals surface area contributed by atoms with Gasteiger partial charge in [0, 0.05) is 18.3 Å². The minimum Gasteiger partial charge on any atom is -0.357 e. The Bertz CT molecular complexity index is 574. The summed E-state index contributed by atoms with van der Waals surface area (Å²) in [5.74, 6) is 0. The molecule has 0 radical (unpaired) electrons. The molecule has 3 rings (SSSR count). The fraction of sp³-hybridized carbons (Fsp3) is 0.500. The lowest BCUT2D eigenvalue weighted by molar-refractivity contribution is 0.303. The Morgan fingerprint density at radius 2 is 2.16 bits per heavy atom. The minimum absolute atomic E-state index is 0.0111. The van der Waals surface area contributed by atoms with Crippen LogP contribution in [-0.2, 0) is 0 Å². The van der Waals surface area contributed by atoms with Crippen LogP contribution in [0, 0.1) is 0 Å². The second-order valence-corrected chi connectivity index (χ2v) is 5.53. The van der Waals surface area contributed by atoms with Gasteiger partial charge in [-0.1, -0.05) is 11.3 Å². The van der Waals surface area contributed by atoms with Crippen LogP contribution < -0.4 is 10.9 Å².